The van der Waals surface area contributed by atoms with E-state index in [1.165, 1.54) is 0 Å². The lowest BCUT2D eigenvalue weighted by Crippen LogP contribution is -2.26. The van der Waals surface area contributed by atoms with Crippen LogP contribution in [-0.4, -0.2) is 5.11 Å². The zero-order valence-corrected chi connectivity index (χ0v) is 9.36. The summed E-state index contributed by atoms with van der Waals surface area (Å²) in [5.74, 6) is -4.06. The highest BCUT2D eigenvalue weighted by Gasteiger charge is 2.31. The van der Waals surface area contributed by atoms with Crippen molar-refractivity contribution in [2.75, 3.05) is 0 Å². The van der Waals surface area contributed by atoms with Crippen LogP contribution in [-0.2, 0) is 5.60 Å². The van der Waals surface area contributed by atoms with Crippen LogP contribution >= 0.6 is 0 Å². The van der Waals surface area contributed by atoms with Gasteiger partial charge in [-0.3, -0.25) is 0 Å². The van der Waals surface area contributed by atoms with Gasteiger partial charge in [-0.25, -0.2) is 13.2 Å². The van der Waals surface area contributed by atoms with Gasteiger partial charge in [0.15, 0.2) is 17.5 Å². The fraction of sp³-hybridized carbons (Fsp3) is 0.500. The van der Waals surface area contributed by atoms with Gasteiger partial charge in [-0.2, -0.15) is 0 Å². The van der Waals surface area contributed by atoms with Gasteiger partial charge >= 0.3 is 0 Å². The molecular formula is C12H15F3O. The molecule has 1 unspecified atom stereocenters. The molecule has 0 bridgehead atoms. The number of halogens is 3. The van der Waals surface area contributed by atoms with Crippen LogP contribution in [0.2, 0.25) is 0 Å². The van der Waals surface area contributed by atoms with Crippen molar-refractivity contribution in [3.63, 3.8) is 0 Å². The van der Waals surface area contributed by atoms with Crippen LogP contribution in [0.25, 0.3) is 0 Å². The zero-order chi connectivity index (χ0) is 12.3. The molecule has 0 spiro atoms. The van der Waals surface area contributed by atoms with Gasteiger partial charge in [-0.1, -0.05) is 26.3 Å². The van der Waals surface area contributed by atoms with Gasteiger partial charge < -0.3 is 5.11 Å². The van der Waals surface area contributed by atoms with E-state index in [-0.39, 0.29) is 12.0 Å². The van der Waals surface area contributed by atoms with Crippen molar-refractivity contribution >= 4 is 0 Å². The largest absolute Gasteiger partial charge is 0.385 e. The van der Waals surface area contributed by atoms with Crippen molar-refractivity contribution in [2.45, 2.75) is 38.7 Å². The molecule has 0 fully saturated rings. The monoisotopic (exact) mass is 232 g/mol. The lowest BCUT2D eigenvalue weighted by molar-refractivity contribution is 0.0183. The molecule has 16 heavy (non-hydrogen) atoms. The van der Waals surface area contributed by atoms with E-state index in [0.29, 0.717) is 12.8 Å². The van der Waals surface area contributed by atoms with Crippen LogP contribution < -0.4 is 0 Å². The summed E-state index contributed by atoms with van der Waals surface area (Å²) in [6, 6.07) is 1.94. The van der Waals surface area contributed by atoms with Gasteiger partial charge in [0.2, 0.25) is 0 Å². The van der Waals surface area contributed by atoms with Crippen molar-refractivity contribution in [2.24, 2.45) is 0 Å². The highest BCUT2D eigenvalue weighted by molar-refractivity contribution is 5.26. The average molecular weight is 232 g/mol. The van der Waals surface area contributed by atoms with Gasteiger partial charge in [0.1, 0.15) is 0 Å². The van der Waals surface area contributed by atoms with Crippen LogP contribution in [0.3, 0.4) is 0 Å². The second kappa shape index (κ2) is 4.87. The third-order valence-corrected chi connectivity index (χ3v) is 2.79. The Morgan fingerprint density at radius 2 is 1.75 bits per heavy atom. The molecule has 1 N–H and O–H groups in total. The maximum atomic E-state index is 13.5. The molecule has 0 saturated heterocycles. The van der Waals surface area contributed by atoms with E-state index in [9.17, 15) is 18.3 Å². The van der Waals surface area contributed by atoms with E-state index in [1.54, 1.807) is 6.92 Å². The molecule has 0 aliphatic carbocycles. The summed E-state index contributed by atoms with van der Waals surface area (Å²) in [6.45, 7) is 3.51. The third kappa shape index (κ3) is 2.21. The van der Waals surface area contributed by atoms with Gasteiger partial charge in [0.05, 0.1) is 5.60 Å². The maximum Gasteiger partial charge on any atom is 0.194 e. The van der Waals surface area contributed by atoms with Crippen LogP contribution in [0.1, 0.15) is 38.7 Å². The van der Waals surface area contributed by atoms with Crippen molar-refractivity contribution < 1.29 is 18.3 Å². The Hall–Kier alpha value is -1.03. The van der Waals surface area contributed by atoms with E-state index in [0.717, 1.165) is 12.1 Å². The molecular weight excluding hydrogens is 217 g/mol. The summed E-state index contributed by atoms with van der Waals surface area (Å²) in [7, 11) is 0. The summed E-state index contributed by atoms with van der Waals surface area (Å²) in [4.78, 5) is 0. The first-order valence-corrected chi connectivity index (χ1v) is 5.32. The SMILES string of the molecule is CCCC(O)(CC)c1ccc(F)c(F)c1F. The first-order valence-electron chi connectivity index (χ1n) is 5.32. The fourth-order valence-corrected chi connectivity index (χ4v) is 1.80. The number of hydrogen-bond donors (Lipinski definition) is 1. The van der Waals surface area contributed by atoms with Crippen LogP contribution in [0.15, 0.2) is 12.1 Å². The molecule has 0 amide bonds. The molecule has 0 saturated carbocycles. The van der Waals surface area contributed by atoms with Crippen LogP contribution in [0.5, 0.6) is 0 Å². The van der Waals surface area contributed by atoms with E-state index in [2.05, 4.69) is 0 Å². The summed E-state index contributed by atoms with van der Waals surface area (Å²) >= 11 is 0. The van der Waals surface area contributed by atoms with Crippen molar-refractivity contribution in [1.82, 2.24) is 0 Å². The van der Waals surface area contributed by atoms with Gasteiger partial charge in [-0.15, -0.1) is 0 Å². The van der Waals surface area contributed by atoms with Gasteiger partial charge in [0, 0.05) is 5.56 Å². The Labute approximate surface area is 92.9 Å². The minimum absolute atomic E-state index is 0.171. The summed E-state index contributed by atoms with van der Waals surface area (Å²) in [5, 5.41) is 10.2. The van der Waals surface area contributed by atoms with Crippen molar-refractivity contribution in [3.8, 4) is 0 Å². The standard InChI is InChI=1S/C12H15F3O/c1-3-7-12(16,4-2)8-5-6-9(13)11(15)10(8)14/h5-6,16H,3-4,7H2,1-2H3. The molecule has 1 aromatic carbocycles. The van der Waals surface area contributed by atoms with E-state index >= 15 is 0 Å². The predicted molar refractivity (Wildman–Crippen MR) is 55.4 cm³/mol. The lowest BCUT2D eigenvalue weighted by Gasteiger charge is -2.27. The van der Waals surface area contributed by atoms with Gasteiger partial charge in [0.25, 0.3) is 0 Å². The molecule has 0 aliphatic heterocycles. The molecule has 0 radical (unpaired) electrons. The number of aliphatic hydroxyl groups is 1. The second-order valence-electron chi connectivity index (χ2n) is 3.86. The normalized spacial score (nSPS) is 14.9. The molecule has 0 aliphatic rings. The van der Waals surface area contributed by atoms with Crippen molar-refractivity contribution in [1.29, 1.82) is 0 Å². The summed E-state index contributed by atoms with van der Waals surface area (Å²) in [5.41, 5.74) is -1.59. The highest BCUT2D eigenvalue weighted by atomic mass is 19.2. The van der Waals surface area contributed by atoms with E-state index in [1.807, 2.05) is 6.92 Å². The van der Waals surface area contributed by atoms with Crippen LogP contribution in [0, 0.1) is 17.5 Å². The Morgan fingerprint density at radius 1 is 1.12 bits per heavy atom. The Kier molecular flexibility index (Phi) is 3.97. The Bertz CT molecular complexity index is 379. The molecule has 0 aromatic heterocycles. The second-order valence-corrected chi connectivity index (χ2v) is 3.86. The van der Waals surface area contributed by atoms with E-state index in [4.69, 9.17) is 0 Å². The first-order chi connectivity index (χ1) is 7.46. The molecule has 1 rings (SSSR count). The molecule has 90 valence electrons. The molecule has 4 heteroatoms. The zero-order valence-electron chi connectivity index (χ0n) is 9.36. The minimum Gasteiger partial charge on any atom is -0.385 e. The molecule has 1 aromatic rings. The number of rotatable bonds is 4. The number of hydrogen-bond acceptors (Lipinski definition) is 1. The predicted octanol–water partition coefficient (Wildman–Crippen LogP) is 3.50. The summed E-state index contributed by atoms with van der Waals surface area (Å²) < 4.78 is 39.3. The average Bonchev–Trinajstić information content (AvgIpc) is 2.26. The topological polar surface area (TPSA) is 20.2 Å². The molecule has 0 heterocycles. The first kappa shape index (κ1) is 13.0. The Balaban J connectivity index is 3.26. The number of benzene rings is 1. The molecule has 1 atom stereocenters. The minimum atomic E-state index is -1.53. The smallest absolute Gasteiger partial charge is 0.194 e. The quantitative estimate of drug-likeness (QED) is 0.788. The van der Waals surface area contributed by atoms with Crippen LogP contribution in [0.4, 0.5) is 13.2 Å². The molecule has 1 nitrogen and oxygen atoms in total. The lowest BCUT2D eigenvalue weighted by atomic mass is 9.86. The maximum absolute atomic E-state index is 13.5. The van der Waals surface area contributed by atoms with Crippen molar-refractivity contribution in [3.05, 3.63) is 35.1 Å². The summed E-state index contributed by atoms with van der Waals surface area (Å²) in [6.07, 6.45) is 1.19. The van der Waals surface area contributed by atoms with Gasteiger partial charge in [-0.05, 0) is 18.9 Å². The highest BCUT2D eigenvalue weighted by Crippen LogP contribution is 2.33. The Morgan fingerprint density at radius 3 is 2.25 bits per heavy atom. The third-order valence-electron chi connectivity index (χ3n) is 2.79. The van der Waals surface area contributed by atoms with E-state index < -0.39 is 23.1 Å². The fourth-order valence-electron chi connectivity index (χ4n) is 1.80.